The first-order valence-electron chi connectivity index (χ1n) is 6.58. The van der Waals surface area contributed by atoms with Crippen molar-refractivity contribution >= 4 is 39.6 Å². The van der Waals surface area contributed by atoms with Crippen LogP contribution in [-0.4, -0.2) is 16.6 Å². The van der Waals surface area contributed by atoms with Crippen molar-refractivity contribution in [1.82, 2.24) is 0 Å². The van der Waals surface area contributed by atoms with Gasteiger partial charge in [-0.25, -0.2) is 0 Å². The Labute approximate surface area is 130 Å². The van der Waals surface area contributed by atoms with Gasteiger partial charge < -0.3 is 10.8 Å². The van der Waals surface area contributed by atoms with E-state index in [9.17, 15) is 9.90 Å². The maximum atomic E-state index is 11.3. The third kappa shape index (κ3) is 1.85. The fourth-order valence-electron chi connectivity index (χ4n) is 3.34. The van der Waals surface area contributed by atoms with Gasteiger partial charge in [0.25, 0.3) is 0 Å². The minimum atomic E-state index is -1.10. The summed E-state index contributed by atoms with van der Waals surface area (Å²) < 4.78 is 1.08. The summed E-state index contributed by atoms with van der Waals surface area (Å²) in [6.07, 6.45) is 4.44. The molecule has 1 aromatic carbocycles. The van der Waals surface area contributed by atoms with Crippen LogP contribution in [-0.2, 0) is 10.2 Å². The van der Waals surface area contributed by atoms with Crippen LogP contribution in [0.4, 0.5) is 0 Å². The third-order valence-corrected chi connectivity index (χ3v) is 6.04. The van der Waals surface area contributed by atoms with E-state index in [1.54, 1.807) is 0 Å². The summed E-state index contributed by atoms with van der Waals surface area (Å²) >= 11 is 9.92. The zero-order valence-electron chi connectivity index (χ0n) is 10.8. The number of carboxylic acids is 1. The van der Waals surface area contributed by atoms with E-state index in [2.05, 4.69) is 28.1 Å². The van der Waals surface area contributed by atoms with Crippen molar-refractivity contribution in [2.24, 2.45) is 5.73 Å². The van der Waals surface area contributed by atoms with Crippen LogP contribution in [0.5, 0.6) is 0 Å². The number of hydrogen-bond acceptors (Lipinski definition) is 2. The Balaban J connectivity index is 2.00. The molecule has 1 fully saturated rings. The van der Waals surface area contributed by atoms with Crippen LogP contribution < -0.4 is 5.73 Å². The lowest BCUT2D eigenvalue weighted by Crippen LogP contribution is -2.53. The van der Waals surface area contributed by atoms with E-state index in [0.29, 0.717) is 12.8 Å². The van der Waals surface area contributed by atoms with Crippen LogP contribution in [0.2, 0.25) is 5.02 Å². The molecule has 3 rings (SSSR count). The molecule has 0 amide bonds. The van der Waals surface area contributed by atoms with Gasteiger partial charge >= 0.3 is 5.97 Å². The van der Waals surface area contributed by atoms with Gasteiger partial charge in [-0.1, -0.05) is 39.7 Å². The Morgan fingerprint density at radius 1 is 1.30 bits per heavy atom. The van der Waals surface area contributed by atoms with E-state index in [4.69, 9.17) is 17.3 Å². The SMILES string of the molecule is NC1(C(=O)O)CCC2(CC1)C(Br)=Cc1c(Cl)cccc12. The molecule has 0 unspecified atom stereocenters. The summed E-state index contributed by atoms with van der Waals surface area (Å²) in [6.45, 7) is 0. The Bertz CT molecular complexity index is 618. The highest BCUT2D eigenvalue weighted by Crippen LogP contribution is 2.55. The number of carbonyl (C=O) groups is 1. The molecule has 20 heavy (non-hydrogen) atoms. The monoisotopic (exact) mass is 355 g/mol. The number of carboxylic acid groups (broad SMARTS) is 1. The molecule has 1 saturated carbocycles. The van der Waals surface area contributed by atoms with Crippen LogP contribution >= 0.6 is 27.5 Å². The molecule has 0 radical (unpaired) electrons. The van der Waals surface area contributed by atoms with Gasteiger partial charge in [-0.2, -0.15) is 0 Å². The van der Waals surface area contributed by atoms with Gasteiger partial charge in [-0.15, -0.1) is 0 Å². The molecule has 106 valence electrons. The van der Waals surface area contributed by atoms with Gasteiger partial charge in [-0.3, -0.25) is 4.79 Å². The van der Waals surface area contributed by atoms with Crippen LogP contribution in [0, 0.1) is 0 Å². The lowest BCUT2D eigenvalue weighted by atomic mass is 9.65. The molecule has 0 aliphatic heterocycles. The minimum Gasteiger partial charge on any atom is -0.480 e. The predicted molar refractivity (Wildman–Crippen MR) is 83.1 cm³/mol. The zero-order valence-corrected chi connectivity index (χ0v) is 13.2. The summed E-state index contributed by atoms with van der Waals surface area (Å²) in [5.41, 5.74) is 6.96. The number of benzene rings is 1. The first kappa shape index (κ1) is 14.1. The van der Waals surface area contributed by atoms with Crippen molar-refractivity contribution in [3.8, 4) is 0 Å². The van der Waals surface area contributed by atoms with E-state index >= 15 is 0 Å². The maximum Gasteiger partial charge on any atom is 0.323 e. The minimum absolute atomic E-state index is 0.154. The number of halogens is 2. The molecule has 3 N–H and O–H groups in total. The quantitative estimate of drug-likeness (QED) is 0.807. The molecular weight excluding hydrogens is 342 g/mol. The zero-order chi connectivity index (χ0) is 14.5. The number of hydrogen-bond donors (Lipinski definition) is 2. The third-order valence-electron chi connectivity index (χ3n) is 4.72. The molecule has 0 atom stereocenters. The summed E-state index contributed by atoms with van der Waals surface area (Å²) in [5.74, 6) is -0.906. The van der Waals surface area contributed by atoms with Gasteiger partial charge in [-0.05, 0) is 49.0 Å². The normalized spacial score (nSPS) is 32.0. The molecule has 5 heteroatoms. The second-order valence-electron chi connectivity index (χ2n) is 5.74. The number of aliphatic carboxylic acids is 1. The van der Waals surface area contributed by atoms with Gasteiger partial charge in [0.1, 0.15) is 5.54 Å². The molecule has 1 spiro atoms. The van der Waals surface area contributed by atoms with Crippen molar-refractivity contribution in [3.63, 3.8) is 0 Å². The number of allylic oxidation sites excluding steroid dienone is 1. The van der Waals surface area contributed by atoms with Crippen molar-refractivity contribution < 1.29 is 9.90 Å². The first-order valence-corrected chi connectivity index (χ1v) is 7.75. The highest BCUT2D eigenvalue weighted by molar-refractivity contribution is 9.11. The lowest BCUT2D eigenvalue weighted by Gasteiger charge is -2.42. The molecule has 0 bridgehead atoms. The summed E-state index contributed by atoms with van der Waals surface area (Å²) in [6, 6.07) is 5.91. The highest BCUT2D eigenvalue weighted by Gasteiger charge is 2.49. The number of fused-ring (bicyclic) bond motifs is 2. The summed E-state index contributed by atoms with van der Waals surface area (Å²) in [4.78, 5) is 11.3. The van der Waals surface area contributed by atoms with Crippen LogP contribution in [0.3, 0.4) is 0 Å². The van der Waals surface area contributed by atoms with E-state index in [0.717, 1.165) is 27.9 Å². The van der Waals surface area contributed by atoms with Gasteiger partial charge in [0.15, 0.2) is 0 Å². The second-order valence-corrected chi connectivity index (χ2v) is 7.00. The van der Waals surface area contributed by atoms with Crippen molar-refractivity contribution in [3.05, 3.63) is 38.8 Å². The standard InChI is InChI=1S/C15H15BrClNO2/c16-12-8-9-10(2-1-3-11(9)17)14(12)4-6-15(18,7-5-14)13(19)20/h1-3,8H,4-7,18H2,(H,19,20). The molecule has 3 nitrogen and oxygen atoms in total. The predicted octanol–water partition coefficient (Wildman–Crippen LogP) is 3.68. The fraction of sp³-hybridized carbons (Fsp3) is 0.400. The summed E-state index contributed by atoms with van der Waals surface area (Å²) in [5, 5.41) is 10.00. The first-order chi connectivity index (χ1) is 9.39. The largest absolute Gasteiger partial charge is 0.480 e. The Kier molecular flexibility index (Phi) is 3.23. The molecule has 0 aromatic heterocycles. The Morgan fingerprint density at radius 2 is 1.95 bits per heavy atom. The van der Waals surface area contributed by atoms with Crippen LogP contribution in [0.15, 0.2) is 22.7 Å². The molecule has 0 saturated heterocycles. The van der Waals surface area contributed by atoms with E-state index in [1.807, 2.05) is 12.1 Å². The van der Waals surface area contributed by atoms with Crippen molar-refractivity contribution in [2.45, 2.75) is 36.6 Å². The highest BCUT2D eigenvalue weighted by atomic mass is 79.9. The molecule has 0 heterocycles. The van der Waals surface area contributed by atoms with Gasteiger partial charge in [0.05, 0.1) is 0 Å². The number of rotatable bonds is 1. The van der Waals surface area contributed by atoms with E-state index in [1.165, 1.54) is 5.56 Å². The van der Waals surface area contributed by atoms with Crippen molar-refractivity contribution in [2.75, 3.05) is 0 Å². The maximum absolute atomic E-state index is 11.3. The smallest absolute Gasteiger partial charge is 0.323 e. The average molecular weight is 357 g/mol. The van der Waals surface area contributed by atoms with Crippen molar-refractivity contribution in [1.29, 1.82) is 0 Å². The lowest BCUT2D eigenvalue weighted by molar-refractivity contribution is -0.145. The molecule has 1 aromatic rings. The number of nitrogens with two attached hydrogens (primary N) is 1. The second kappa shape index (κ2) is 4.58. The topological polar surface area (TPSA) is 63.3 Å². The Hall–Kier alpha value is -0.840. The molecular formula is C15H15BrClNO2. The van der Waals surface area contributed by atoms with Crippen LogP contribution in [0.25, 0.3) is 6.08 Å². The molecule has 2 aliphatic carbocycles. The summed E-state index contributed by atoms with van der Waals surface area (Å²) in [7, 11) is 0. The van der Waals surface area contributed by atoms with Crippen LogP contribution in [0.1, 0.15) is 36.8 Å². The van der Waals surface area contributed by atoms with E-state index < -0.39 is 11.5 Å². The average Bonchev–Trinajstić information content (AvgIpc) is 2.68. The fourth-order valence-corrected chi connectivity index (χ4v) is 4.41. The van der Waals surface area contributed by atoms with Gasteiger partial charge in [0, 0.05) is 14.9 Å². The van der Waals surface area contributed by atoms with E-state index in [-0.39, 0.29) is 5.41 Å². The Morgan fingerprint density at radius 3 is 2.55 bits per heavy atom. The molecule has 2 aliphatic rings. The van der Waals surface area contributed by atoms with Gasteiger partial charge in [0.2, 0.25) is 0 Å².